The largest absolute Gasteiger partial charge is 0.493 e. The Morgan fingerprint density at radius 2 is 1.90 bits per heavy atom. The normalized spacial score (nSPS) is 15.5. The third kappa shape index (κ3) is 5.64. The quantitative estimate of drug-likeness (QED) is 0.530. The first kappa shape index (κ1) is 21.0. The summed E-state index contributed by atoms with van der Waals surface area (Å²) in [6, 6.07) is 15.0. The van der Waals surface area contributed by atoms with Gasteiger partial charge in [-0.2, -0.15) is 0 Å². The van der Waals surface area contributed by atoms with Crippen molar-refractivity contribution in [2.75, 3.05) is 33.9 Å². The van der Waals surface area contributed by atoms with E-state index in [1.54, 1.807) is 14.2 Å². The van der Waals surface area contributed by atoms with Crippen LogP contribution in [0.3, 0.4) is 0 Å². The zero-order chi connectivity index (χ0) is 20.6. The highest BCUT2D eigenvalue weighted by Crippen LogP contribution is 2.27. The predicted octanol–water partition coefficient (Wildman–Crippen LogP) is 2.60. The van der Waals surface area contributed by atoms with Crippen LogP contribution in [0.2, 0.25) is 0 Å². The second-order valence-electron chi connectivity index (χ2n) is 7.43. The van der Waals surface area contributed by atoms with Gasteiger partial charge in [0, 0.05) is 25.7 Å². The molecule has 6 nitrogen and oxygen atoms in total. The summed E-state index contributed by atoms with van der Waals surface area (Å²) >= 11 is 0. The van der Waals surface area contributed by atoms with Crippen molar-refractivity contribution < 1.29 is 9.47 Å². The lowest BCUT2D eigenvalue weighted by molar-refractivity contribution is 0.195. The molecule has 1 atom stereocenters. The number of nitrogens with zero attached hydrogens (tertiary/aromatic N) is 2. The fourth-order valence-corrected chi connectivity index (χ4v) is 3.67. The van der Waals surface area contributed by atoms with Crippen LogP contribution in [0.15, 0.2) is 47.5 Å². The van der Waals surface area contributed by atoms with Gasteiger partial charge in [0.2, 0.25) is 0 Å². The van der Waals surface area contributed by atoms with Crippen LogP contribution >= 0.6 is 0 Å². The lowest BCUT2D eigenvalue weighted by Crippen LogP contribution is -2.40. The highest BCUT2D eigenvalue weighted by Gasteiger charge is 2.20. The summed E-state index contributed by atoms with van der Waals surface area (Å²) in [5, 5.41) is 3.21. The summed E-state index contributed by atoms with van der Waals surface area (Å²) in [7, 11) is 3.28. The predicted molar refractivity (Wildman–Crippen MR) is 118 cm³/mol. The van der Waals surface area contributed by atoms with Gasteiger partial charge in [0.1, 0.15) is 0 Å². The van der Waals surface area contributed by atoms with Gasteiger partial charge in [-0.25, -0.2) is 0 Å². The summed E-state index contributed by atoms with van der Waals surface area (Å²) in [5.41, 5.74) is 10.1. The second kappa shape index (κ2) is 10.2. The van der Waals surface area contributed by atoms with E-state index in [0.29, 0.717) is 18.5 Å². The SMILES string of the molecule is COc1ccc(CCNC(N)=NCC(C)N2CCc3ccccc3C2)cc1OC. The summed E-state index contributed by atoms with van der Waals surface area (Å²) in [4.78, 5) is 7.02. The molecule has 156 valence electrons. The number of aliphatic imine (C=N–C) groups is 1. The molecule has 2 aromatic carbocycles. The fourth-order valence-electron chi connectivity index (χ4n) is 3.67. The lowest BCUT2D eigenvalue weighted by Gasteiger charge is -2.33. The van der Waals surface area contributed by atoms with Gasteiger partial charge in [-0.3, -0.25) is 9.89 Å². The number of hydrogen-bond acceptors (Lipinski definition) is 4. The molecule has 1 aliphatic heterocycles. The molecular formula is C23H32N4O2. The second-order valence-corrected chi connectivity index (χ2v) is 7.43. The van der Waals surface area contributed by atoms with Crippen molar-refractivity contribution in [3.05, 3.63) is 59.2 Å². The number of methoxy groups -OCH3 is 2. The van der Waals surface area contributed by atoms with E-state index < -0.39 is 0 Å². The van der Waals surface area contributed by atoms with E-state index in [4.69, 9.17) is 15.2 Å². The summed E-state index contributed by atoms with van der Waals surface area (Å²) in [6.45, 7) is 5.68. The van der Waals surface area contributed by atoms with Crippen molar-refractivity contribution in [2.24, 2.45) is 10.7 Å². The number of fused-ring (bicyclic) bond motifs is 1. The third-order valence-electron chi connectivity index (χ3n) is 5.48. The average molecular weight is 397 g/mol. The van der Waals surface area contributed by atoms with E-state index in [9.17, 15) is 0 Å². The minimum absolute atomic E-state index is 0.356. The zero-order valence-corrected chi connectivity index (χ0v) is 17.6. The standard InChI is InChI=1S/C23H32N4O2/c1-17(27-13-11-19-6-4-5-7-20(19)16-27)15-26-23(24)25-12-10-18-8-9-21(28-2)22(14-18)29-3/h4-9,14,17H,10-13,15-16H2,1-3H3,(H3,24,25,26). The number of rotatable bonds is 8. The number of hydrogen-bond donors (Lipinski definition) is 2. The molecule has 1 aliphatic rings. The van der Waals surface area contributed by atoms with Crippen LogP contribution in [0.5, 0.6) is 11.5 Å². The van der Waals surface area contributed by atoms with Crippen molar-refractivity contribution in [2.45, 2.75) is 32.4 Å². The van der Waals surface area contributed by atoms with E-state index in [1.165, 1.54) is 11.1 Å². The molecule has 0 saturated heterocycles. The Morgan fingerprint density at radius 3 is 2.66 bits per heavy atom. The molecule has 6 heteroatoms. The molecule has 0 fully saturated rings. The smallest absolute Gasteiger partial charge is 0.188 e. The monoisotopic (exact) mass is 396 g/mol. The van der Waals surface area contributed by atoms with Crippen molar-refractivity contribution in [3.8, 4) is 11.5 Å². The lowest BCUT2D eigenvalue weighted by atomic mass is 9.99. The summed E-state index contributed by atoms with van der Waals surface area (Å²) < 4.78 is 10.6. The first-order valence-corrected chi connectivity index (χ1v) is 10.2. The molecular weight excluding hydrogens is 364 g/mol. The Morgan fingerprint density at radius 1 is 1.14 bits per heavy atom. The Balaban J connectivity index is 1.44. The molecule has 3 N–H and O–H groups in total. The molecule has 0 saturated carbocycles. The van der Waals surface area contributed by atoms with Gasteiger partial charge in [-0.15, -0.1) is 0 Å². The zero-order valence-electron chi connectivity index (χ0n) is 17.6. The van der Waals surface area contributed by atoms with Crippen molar-refractivity contribution in [1.82, 2.24) is 10.2 Å². The number of benzene rings is 2. The van der Waals surface area contributed by atoms with Gasteiger partial charge < -0.3 is 20.5 Å². The van der Waals surface area contributed by atoms with Gasteiger partial charge in [0.05, 0.1) is 20.8 Å². The van der Waals surface area contributed by atoms with E-state index in [-0.39, 0.29) is 0 Å². The van der Waals surface area contributed by atoms with E-state index in [2.05, 4.69) is 46.4 Å². The van der Waals surface area contributed by atoms with Crippen LogP contribution in [-0.2, 0) is 19.4 Å². The van der Waals surface area contributed by atoms with Crippen LogP contribution in [0, 0.1) is 0 Å². The molecule has 0 bridgehead atoms. The first-order valence-electron chi connectivity index (χ1n) is 10.2. The van der Waals surface area contributed by atoms with Gasteiger partial charge in [-0.1, -0.05) is 30.3 Å². The minimum atomic E-state index is 0.356. The number of nitrogens with one attached hydrogen (secondary N) is 1. The first-order chi connectivity index (χ1) is 14.1. The van der Waals surface area contributed by atoms with Crippen LogP contribution in [-0.4, -0.2) is 50.8 Å². The molecule has 0 radical (unpaired) electrons. The van der Waals surface area contributed by atoms with Crippen molar-refractivity contribution in [3.63, 3.8) is 0 Å². The maximum Gasteiger partial charge on any atom is 0.188 e. The number of ether oxygens (including phenoxy) is 2. The average Bonchev–Trinajstić information content (AvgIpc) is 2.76. The summed E-state index contributed by atoms with van der Waals surface area (Å²) in [6.07, 6.45) is 1.93. The van der Waals surface area contributed by atoms with Gasteiger partial charge >= 0.3 is 0 Å². The molecule has 1 unspecified atom stereocenters. The van der Waals surface area contributed by atoms with Crippen LogP contribution in [0.1, 0.15) is 23.6 Å². The Kier molecular flexibility index (Phi) is 7.36. The molecule has 29 heavy (non-hydrogen) atoms. The van der Waals surface area contributed by atoms with Gasteiger partial charge in [-0.05, 0) is 48.6 Å². The van der Waals surface area contributed by atoms with Crippen molar-refractivity contribution in [1.29, 1.82) is 0 Å². The van der Waals surface area contributed by atoms with Crippen LogP contribution in [0.25, 0.3) is 0 Å². The molecule has 2 aromatic rings. The van der Waals surface area contributed by atoms with Crippen LogP contribution in [0.4, 0.5) is 0 Å². The van der Waals surface area contributed by atoms with Crippen LogP contribution < -0.4 is 20.5 Å². The maximum absolute atomic E-state index is 6.07. The molecule has 0 aromatic heterocycles. The van der Waals surface area contributed by atoms with E-state index in [0.717, 1.165) is 49.5 Å². The third-order valence-corrected chi connectivity index (χ3v) is 5.48. The molecule has 0 spiro atoms. The molecule has 3 rings (SSSR count). The number of guanidine groups is 1. The molecule has 0 amide bonds. The highest BCUT2D eigenvalue weighted by molar-refractivity contribution is 5.77. The topological polar surface area (TPSA) is 72.1 Å². The van der Waals surface area contributed by atoms with E-state index >= 15 is 0 Å². The molecule has 0 aliphatic carbocycles. The Hall–Kier alpha value is -2.73. The Labute approximate surface area is 173 Å². The minimum Gasteiger partial charge on any atom is -0.493 e. The van der Waals surface area contributed by atoms with Gasteiger partial charge in [0.25, 0.3) is 0 Å². The van der Waals surface area contributed by atoms with E-state index in [1.807, 2.05) is 18.2 Å². The highest BCUT2D eigenvalue weighted by atomic mass is 16.5. The van der Waals surface area contributed by atoms with Crippen molar-refractivity contribution >= 4 is 5.96 Å². The molecule has 1 heterocycles. The van der Waals surface area contributed by atoms with Gasteiger partial charge in [0.15, 0.2) is 17.5 Å². The Bertz CT molecular complexity index is 837. The number of nitrogens with two attached hydrogens (primary N) is 1. The summed E-state index contributed by atoms with van der Waals surface area (Å²) in [5.74, 6) is 1.97. The maximum atomic E-state index is 6.07. The fraction of sp³-hybridized carbons (Fsp3) is 0.435.